The third-order valence-electron chi connectivity index (χ3n) is 4.71. The lowest BCUT2D eigenvalue weighted by Crippen LogP contribution is -2.44. The zero-order valence-corrected chi connectivity index (χ0v) is 15.5. The van der Waals surface area contributed by atoms with Crippen LogP contribution in [0.25, 0.3) is 0 Å². The molecule has 7 heteroatoms. The van der Waals surface area contributed by atoms with Crippen LogP contribution in [0.2, 0.25) is 0 Å². The fraction of sp³-hybridized carbons (Fsp3) is 0.450. The Morgan fingerprint density at radius 3 is 2.74 bits per heavy atom. The molecule has 0 unspecified atom stereocenters. The van der Waals surface area contributed by atoms with Crippen molar-refractivity contribution in [2.75, 3.05) is 25.0 Å². The molecule has 1 aromatic heterocycles. The van der Waals surface area contributed by atoms with Crippen LogP contribution in [-0.4, -0.2) is 47.7 Å². The molecule has 0 radical (unpaired) electrons. The van der Waals surface area contributed by atoms with Gasteiger partial charge in [0.15, 0.2) is 5.82 Å². The Bertz CT molecular complexity index is 727. The third kappa shape index (κ3) is 5.17. The van der Waals surface area contributed by atoms with Crippen molar-refractivity contribution in [3.8, 4) is 0 Å². The van der Waals surface area contributed by atoms with Gasteiger partial charge in [-0.05, 0) is 24.8 Å². The summed E-state index contributed by atoms with van der Waals surface area (Å²) in [5, 5.41) is 6.33. The van der Waals surface area contributed by atoms with Crippen LogP contribution in [0.15, 0.2) is 47.2 Å². The van der Waals surface area contributed by atoms with E-state index in [4.69, 9.17) is 9.26 Å². The summed E-state index contributed by atoms with van der Waals surface area (Å²) in [6.45, 7) is 3.05. The minimum Gasteiger partial charge on any atom is -0.376 e. The maximum atomic E-state index is 13.3. The van der Waals surface area contributed by atoms with E-state index in [0.29, 0.717) is 25.4 Å². The molecular weight excluding hydrogens is 346 g/mol. The summed E-state index contributed by atoms with van der Waals surface area (Å²) in [5.74, 6) is -0.320. The van der Waals surface area contributed by atoms with E-state index in [-0.39, 0.29) is 30.4 Å². The summed E-state index contributed by atoms with van der Waals surface area (Å²) in [5.41, 5.74) is 0.958. The fourth-order valence-corrected chi connectivity index (χ4v) is 3.36. The highest BCUT2D eigenvalue weighted by Crippen LogP contribution is 2.23. The molecule has 0 spiro atoms. The number of aromatic nitrogens is 1. The van der Waals surface area contributed by atoms with Crippen LogP contribution in [0.5, 0.6) is 0 Å². The molecule has 2 atom stereocenters. The van der Waals surface area contributed by atoms with Gasteiger partial charge in [-0.1, -0.05) is 42.4 Å². The molecule has 0 saturated carbocycles. The van der Waals surface area contributed by atoms with Crippen molar-refractivity contribution in [3.05, 3.63) is 48.2 Å². The maximum Gasteiger partial charge on any atom is 0.245 e. The molecule has 0 aliphatic carbocycles. The summed E-state index contributed by atoms with van der Waals surface area (Å²) in [4.78, 5) is 27.3. The number of benzene rings is 1. The standard InChI is InChI=1S/C20H25N3O4/c1-2-17(15-7-4-3-5-8-15)20(25)23(13-16-9-6-11-26-16)14-19(24)21-18-10-12-27-22-18/h3-5,7-8,10,12,16-17H,2,6,9,11,13-14H2,1H3,(H,21,22,24)/t16-,17-/m0/s1. The van der Waals surface area contributed by atoms with E-state index in [1.54, 1.807) is 11.0 Å². The molecule has 27 heavy (non-hydrogen) atoms. The second-order valence-electron chi connectivity index (χ2n) is 6.66. The summed E-state index contributed by atoms with van der Waals surface area (Å²) in [6.07, 6.45) is 3.90. The third-order valence-corrected chi connectivity index (χ3v) is 4.71. The van der Waals surface area contributed by atoms with Crippen LogP contribution in [0.1, 0.15) is 37.7 Å². The van der Waals surface area contributed by atoms with Gasteiger partial charge in [0.2, 0.25) is 11.8 Å². The van der Waals surface area contributed by atoms with E-state index >= 15 is 0 Å². The van der Waals surface area contributed by atoms with Crippen LogP contribution in [0.4, 0.5) is 5.82 Å². The van der Waals surface area contributed by atoms with Gasteiger partial charge in [0, 0.05) is 19.2 Å². The predicted molar refractivity (Wildman–Crippen MR) is 100 cm³/mol. The van der Waals surface area contributed by atoms with Gasteiger partial charge >= 0.3 is 0 Å². The highest BCUT2D eigenvalue weighted by Gasteiger charge is 2.29. The van der Waals surface area contributed by atoms with E-state index < -0.39 is 0 Å². The van der Waals surface area contributed by atoms with Crippen molar-refractivity contribution in [3.63, 3.8) is 0 Å². The molecule has 2 heterocycles. The van der Waals surface area contributed by atoms with Gasteiger partial charge in [-0.25, -0.2) is 0 Å². The van der Waals surface area contributed by atoms with Crippen molar-refractivity contribution in [2.45, 2.75) is 38.2 Å². The molecule has 3 rings (SSSR count). The van der Waals surface area contributed by atoms with E-state index in [1.165, 1.54) is 6.26 Å². The topological polar surface area (TPSA) is 84.7 Å². The number of anilines is 1. The van der Waals surface area contributed by atoms with Gasteiger partial charge in [0.25, 0.3) is 0 Å². The van der Waals surface area contributed by atoms with Crippen LogP contribution in [0.3, 0.4) is 0 Å². The molecule has 1 N–H and O–H groups in total. The summed E-state index contributed by atoms with van der Waals surface area (Å²) >= 11 is 0. The SMILES string of the molecule is CC[C@H](C(=O)N(CC(=O)Nc1ccon1)C[C@@H]1CCCO1)c1ccccc1. The Hall–Kier alpha value is -2.67. The number of hydrogen-bond acceptors (Lipinski definition) is 5. The normalized spacial score (nSPS) is 17.4. The van der Waals surface area contributed by atoms with Gasteiger partial charge in [-0.2, -0.15) is 0 Å². The van der Waals surface area contributed by atoms with Gasteiger partial charge in [-0.3, -0.25) is 9.59 Å². The minimum atomic E-state index is -0.307. The lowest BCUT2D eigenvalue weighted by Gasteiger charge is -2.28. The van der Waals surface area contributed by atoms with Gasteiger partial charge in [0.05, 0.1) is 12.0 Å². The number of nitrogens with zero attached hydrogens (tertiary/aromatic N) is 2. The molecule has 1 aromatic carbocycles. The lowest BCUT2D eigenvalue weighted by molar-refractivity contribution is -0.137. The Labute approximate surface area is 158 Å². The molecule has 2 amide bonds. The number of nitrogens with one attached hydrogen (secondary N) is 1. The first-order valence-electron chi connectivity index (χ1n) is 9.33. The second kappa shape index (κ2) is 9.32. The fourth-order valence-electron chi connectivity index (χ4n) is 3.36. The first kappa shape index (κ1) is 19.1. The van der Waals surface area contributed by atoms with Crippen LogP contribution in [0, 0.1) is 0 Å². The van der Waals surface area contributed by atoms with Crippen molar-refractivity contribution in [1.82, 2.24) is 10.1 Å². The molecule has 1 aliphatic heterocycles. The van der Waals surface area contributed by atoms with E-state index in [0.717, 1.165) is 18.4 Å². The monoisotopic (exact) mass is 371 g/mol. The molecule has 1 fully saturated rings. The molecule has 2 aromatic rings. The number of hydrogen-bond donors (Lipinski definition) is 1. The predicted octanol–water partition coefficient (Wildman–Crippen LogP) is 2.81. The first-order valence-corrected chi connectivity index (χ1v) is 9.33. The number of rotatable bonds is 8. The largest absolute Gasteiger partial charge is 0.376 e. The molecule has 7 nitrogen and oxygen atoms in total. The van der Waals surface area contributed by atoms with Crippen LogP contribution in [-0.2, 0) is 14.3 Å². The van der Waals surface area contributed by atoms with Crippen molar-refractivity contribution < 1.29 is 18.8 Å². The summed E-state index contributed by atoms with van der Waals surface area (Å²) < 4.78 is 10.4. The van der Waals surface area contributed by atoms with Crippen molar-refractivity contribution in [1.29, 1.82) is 0 Å². The molecule has 0 bridgehead atoms. The average Bonchev–Trinajstić information content (AvgIpc) is 3.37. The highest BCUT2D eigenvalue weighted by atomic mass is 16.5. The second-order valence-corrected chi connectivity index (χ2v) is 6.66. The highest BCUT2D eigenvalue weighted by molar-refractivity contribution is 5.94. The Morgan fingerprint density at radius 2 is 2.11 bits per heavy atom. The van der Waals surface area contributed by atoms with E-state index in [9.17, 15) is 9.59 Å². The molecule has 1 saturated heterocycles. The van der Waals surface area contributed by atoms with Crippen molar-refractivity contribution in [2.24, 2.45) is 0 Å². The maximum absolute atomic E-state index is 13.3. The average molecular weight is 371 g/mol. The molecule has 1 aliphatic rings. The summed E-state index contributed by atoms with van der Waals surface area (Å²) in [7, 11) is 0. The Kier molecular flexibility index (Phi) is 6.59. The van der Waals surface area contributed by atoms with Crippen LogP contribution >= 0.6 is 0 Å². The smallest absolute Gasteiger partial charge is 0.245 e. The van der Waals surface area contributed by atoms with Crippen LogP contribution < -0.4 is 5.32 Å². The lowest BCUT2D eigenvalue weighted by atomic mass is 9.94. The van der Waals surface area contributed by atoms with E-state index in [2.05, 4.69) is 10.5 Å². The number of carbonyl (C=O) groups is 2. The first-order chi connectivity index (χ1) is 13.2. The van der Waals surface area contributed by atoms with Crippen molar-refractivity contribution >= 4 is 17.6 Å². The zero-order chi connectivity index (χ0) is 19.1. The van der Waals surface area contributed by atoms with Gasteiger partial charge in [-0.15, -0.1) is 0 Å². The number of carbonyl (C=O) groups excluding carboxylic acids is 2. The zero-order valence-electron chi connectivity index (χ0n) is 15.5. The minimum absolute atomic E-state index is 0.0259. The molecule has 144 valence electrons. The summed E-state index contributed by atoms with van der Waals surface area (Å²) in [6, 6.07) is 11.2. The van der Waals surface area contributed by atoms with Gasteiger partial charge in [0.1, 0.15) is 12.8 Å². The quantitative estimate of drug-likeness (QED) is 0.771. The van der Waals surface area contributed by atoms with Gasteiger partial charge < -0.3 is 19.5 Å². The Balaban J connectivity index is 1.73. The Morgan fingerprint density at radius 1 is 1.30 bits per heavy atom. The number of ether oxygens (including phenoxy) is 1. The van der Waals surface area contributed by atoms with E-state index in [1.807, 2.05) is 37.3 Å². The number of amides is 2. The molecular formula is C20H25N3O4.